The van der Waals surface area contributed by atoms with Crippen LogP contribution in [0.1, 0.15) is 43.8 Å². The van der Waals surface area contributed by atoms with E-state index in [1.807, 2.05) is 0 Å². The second-order valence-corrected chi connectivity index (χ2v) is 5.45. The predicted octanol–water partition coefficient (Wildman–Crippen LogP) is 2.68. The quantitative estimate of drug-likeness (QED) is 0.870. The maximum atomic E-state index is 10.4. The van der Waals surface area contributed by atoms with E-state index < -0.39 is 12.2 Å². The van der Waals surface area contributed by atoms with Gasteiger partial charge >= 0.3 is 0 Å². The van der Waals surface area contributed by atoms with Crippen LogP contribution in [0.15, 0.2) is 18.2 Å². The molecule has 1 aromatic rings. The Morgan fingerprint density at radius 1 is 1.00 bits per heavy atom. The maximum Gasteiger partial charge on any atom is 0.161 e. The lowest BCUT2D eigenvalue weighted by Crippen LogP contribution is -2.29. The average Bonchev–Trinajstić information content (AvgIpc) is 2.53. The molecule has 0 radical (unpaired) electrons. The third-order valence-electron chi connectivity index (χ3n) is 4.21. The molecule has 2 unspecified atom stereocenters. The molecule has 20 heavy (non-hydrogen) atoms. The summed E-state index contributed by atoms with van der Waals surface area (Å²) in [4.78, 5) is 0. The molecule has 0 heterocycles. The van der Waals surface area contributed by atoms with E-state index >= 15 is 0 Å². The van der Waals surface area contributed by atoms with Gasteiger partial charge in [0.25, 0.3) is 0 Å². The Bertz CT molecular complexity index is 426. The van der Waals surface area contributed by atoms with Crippen molar-refractivity contribution in [1.82, 2.24) is 0 Å². The van der Waals surface area contributed by atoms with Gasteiger partial charge in [0.1, 0.15) is 6.10 Å². The van der Waals surface area contributed by atoms with Crippen molar-refractivity contribution in [3.05, 3.63) is 23.8 Å². The number of hydrogen-bond donors (Lipinski definition) is 2. The molecule has 2 rings (SSSR count). The Balaban J connectivity index is 2.13. The van der Waals surface area contributed by atoms with Crippen LogP contribution in [0.25, 0.3) is 0 Å². The molecule has 1 aliphatic carbocycles. The van der Waals surface area contributed by atoms with Crippen LogP contribution in [0.5, 0.6) is 11.5 Å². The van der Waals surface area contributed by atoms with Crippen LogP contribution in [0.2, 0.25) is 0 Å². The van der Waals surface area contributed by atoms with E-state index in [4.69, 9.17) is 9.47 Å². The first-order chi connectivity index (χ1) is 9.67. The van der Waals surface area contributed by atoms with E-state index in [9.17, 15) is 10.2 Å². The van der Waals surface area contributed by atoms with E-state index in [2.05, 4.69) is 0 Å². The van der Waals surface area contributed by atoms with Crippen LogP contribution in [0, 0.1) is 5.92 Å². The minimum atomic E-state index is -0.877. The third-order valence-corrected chi connectivity index (χ3v) is 4.21. The van der Waals surface area contributed by atoms with E-state index in [1.165, 1.54) is 6.42 Å². The Hall–Kier alpha value is -1.26. The summed E-state index contributed by atoms with van der Waals surface area (Å²) in [7, 11) is 3.14. The Morgan fingerprint density at radius 3 is 2.25 bits per heavy atom. The van der Waals surface area contributed by atoms with Gasteiger partial charge in [-0.1, -0.05) is 25.3 Å². The van der Waals surface area contributed by atoms with Gasteiger partial charge < -0.3 is 19.7 Å². The van der Waals surface area contributed by atoms with Crippen molar-refractivity contribution in [3.63, 3.8) is 0 Å². The first-order valence-corrected chi connectivity index (χ1v) is 7.25. The Morgan fingerprint density at radius 2 is 1.65 bits per heavy atom. The van der Waals surface area contributed by atoms with Gasteiger partial charge in [0.05, 0.1) is 20.3 Å². The summed E-state index contributed by atoms with van der Waals surface area (Å²) < 4.78 is 10.4. The first kappa shape index (κ1) is 15.1. The molecule has 0 bridgehead atoms. The standard InChI is InChI=1S/C16H24O4/c1-19-13-9-8-12(10-14(13)20-2)16(18)15(17)11-6-4-3-5-7-11/h8-11,15-18H,3-7H2,1-2H3. The molecular weight excluding hydrogens is 256 g/mol. The predicted molar refractivity (Wildman–Crippen MR) is 77.1 cm³/mol. The molecule has 0 amide bonds. The lowest BCUT2D eigenvalue weighted by atomic mass is 9.82. The van der Waals surface area contributed by atoms with Gasteiger partial charge in [-0.15, -0.1) is 0 Å². The van der Waals surface area contributed by atoms with Gasteiger partial charge in [-0.3, -0.25) is 0 Å². The molecule has 112 valence electrons. The highest BCUT2D eigenvalue weighted by Crippen LogP contribution is 2.35. The summed E-state index contributed by atoms with van der Waals surface area (Å²) in [6, 6.07) is 5.26. The largest absolute Gasteiger partial charge is 0.493 e. The third kappa shape index (κ3) is 3.25. The van der Waals surface area contributed by atoms with Crippen LogP contribution >= 0.6 is 0 Å². The molecular formula is C16H24O4. The van der Waals surface area contributed by atoms with E-state index in [0.717, 1.165) is 25.7 Å². The number of benzene rings is 1. The number of hydrogen-bond acceptors (Lipinski definition) is 4. The zero-order valence-electron chi connectivity index (χ0n) is 12.2. The van der Waals surface area contributed by atoms with E-state index in [1.54, 1.807) is 32.4 Å². The summed E-state index contributed by atoms with van der Waals surface area (Å²) in [6.07, 6.45) is 3.90. The number of aliphatic hydroxyl groups excluding tert-OH is 2. The molecule has 0 aliphatic heterocycles. The molecule has 2 atom stereocenters. The van der Waals surface area contributed by atoms with Crippen molar-refractivity contribution >= 4 is 0 Å². The second kappa shape index (κ2) is 6.95. The molecule has 2 N–H and O–H groups in total. The van der Waals surface area contributed by atoms with Crippen molar-refractivity contribution in [1.29, 1.82) is 0 Å². The minimum absolute atomic E-state index is 0.187. The Kier molecular flexibility index (Phi) is 5.26. The van der Waals surface area contributed by atoms with Crippen LogP contribution < -0.4 is 9.47 Å². The summed E-state index contributed by atoms with van der Waals surface area (Å²) in [6.45, 7) is 0. The van der Waals surface area contributed by atoms with Crippen LogP contribution in [0.3, 0.4) is 0 Å². The van der Waals surface area contributed by atoms with Gasteiger partial charge in [0.15, 0.2) is 11.5 Å². The molecule has 0 aromatic heterocycles. The Labute approximate surface area is 120 Å². The zero-order valence-corrected chi connectivity index (χ0v) is 12.2. The fourth-order valence-corrected chi connectivity index (χ4v) is 2.97. The fraction of sp³-hybridized carbons (Fsp3) is 0.625. The minimum Gasteiger partial charge on any atom is -0.493 e. The normalized spacial score (nSPS) is 19.4. The van der Waals surface area contributed by atoms with Crippen molar-refractivity contribution in [2.75, 3.05) is 14.2 Å². The van der Waals surface area contributed by atoms with Crippen LogP contribution in [-0.2, 0) is 0 Å². The first-order valence-electron chi connectivity index (χ1n) is 7.25. The highest BCUT2D eigenvalue weighted by Gasteiger charge is 2.29. The summed E-state index contributed by atoms with van der Waals surface area (Å²) in [5, 5.41) is 20.7. The summed E-state index contributed by atoms with van der Waals surface area (Å²) in [5.74, 6) is 1.38. The lowest BCUT2D eigenvalue weighted by molar-refractivity contribution is -0.0286. The number of ether oxygens (including phenoxy) is 2. The van der Waals surface area contributed by atoms with E-state index in [0.29, 0.717) is 17.1 Å². The van der Waals surface area contributed by atoms with Gasteiger partial charge in [0.2, 0.25) is 0 Å². The maximum absolute atomic E-state index is 10.4. The van der Waals surface area contributed by atoms with E-state index in [-0.39, 0.29) is 5.92 Å². The molecule has 4 heteroatoms. The van der Waals surface area contributed by atoms with Crippen molar-refractivity contribution < 1.29 is 19.7 Å². The van der Waals surface area contributed by atoms with Crippen molar-refractivity contribution in [2.45, 2.75) is 44.3 Å². The van der Waals surface area contributed by atoms with Gasteiger partial charge in [0, 0.05) is 0 Å². The van der Waals surface area contributed by atoms with Gasteiger partial charge in [-0.2, -0.15) is 0 Å². The number of methoxy groups -OCH3 is 2. The van der Waals surface area contributed by atoms with Crippen LogP contribution in [0.4, 0.5) is 0 Å². The average molecular weight is 280 g/mol. The van der Waals surface area contributed by atoms with Crippen LogP contribution in [-0.4, -0.2) is 30.5 Å². The molecule has 0 saturated heterocycles. The molecule has 1 aliphatic rings. The molecule has 1 fully saturated rings. The smallest absolute Gasteiger partial charge is 0.161 e. The molecule has 4 nitrogen and oxygen atoms in total. The fourth-order valence-electron chi connectivity index (χ4n) is 2.97. The molecule has 0 spiro atoms. The van der Waals surface area contributed by atoms with Gasteiger partial charge in [-0.05, 0) is 36.5 Å². The molecule has 1 saturated carbocycles. The highest BCUT2D eigenvalue weighted by atomic mass is 16.5. The SMILES string of the molecule is COc1ccc(C(O)C(O)C2CCCCC2)cc1OC. The van der Waals surface area contributed by atoms with Crippen molar-refractivity contribution in [3.8, 4) is 11.5 Å². The molecule has 1 aromatic carbocycles. The second-order valence-electron chi connectivity index (χ2n) is 5.45. The topological polar surface area (TPSA) is 58.9 Å². The monoisotopic (exact) mass is 280 g/mol. The van der Waals surface area contributed by atoms with Gasteiger partial charge in [-0.25, -0.2) is 0 Å². The lowest BCUT2D eigenvalue weighted by Gasteiger charge is -2.30. The summed E-state index contributed by atoms with van der Waals surface area (Å²) >= 11 is 0. The number of rotatable bonds is 5. The zero-order chi connectivity index (χ0) is 14.5. The van der Waals surface area contributed by atoms with Crippen molar-refractivity contribution in [2.24, 2.45) is 5.92 Å². The highest BCUT2D eigenvalue weighted by molar-refractivity contribution is 5.43. The number of aliphatic hydroxyl groups is 2. The summed E-state index contributed by atoms with van der Waals surface area (Å²) in [5.41, 5.74) is 0.667.